The quantitative estimate of drug-likeness (QED) is 0.461. The smallest absolute Gasteiger partial charge is 0.258 e. The molecule has 3 heterocycles. The highest BCUT2D eigenvalue weighted by molar-refractivity contribution is 7.98. The first-order valence-corrected chi connectivity index (χ1v) is 11.6. The maximum absolute atomic E-state index is 13.6. The number of carbonyl (C=O) groups is 1. The molecule has 1 fully saturated rings. The van der Waals surface area contributed by atoms with E-state index >= 15 is 0 Å². The van der Waals surface area contributed by atoms with E-state index in [1.54, 1.807) is 18.0 Å². The standard InChI is InChI=1S/C24H23N5OS/c1-15-6-3-7-16(12-15)21-17(13-25-14-26-21)24(30)29-11-5-9-19(29)23-27-18-8-4-10-20(31-2)22(18)28-23/h3-4,6-8,10,12-14,19H,5,9,11H2,1-2H3,(H,27,28)/t19-/m0/s1. The van der Waals surface area contributed by atoms with Crippen molar-refractivity contribution in [1.82, 2.24) is 24.8 Å². The number of thioether (sulfide) groups is 1. The van der Waals surface area contributed by atoms with Crippen LogP contribution in [0.3, 0.4) is 0 Å². The second-order valence-electron chi connectivity index (χ2n) is 7.79. The first-order valence-electron chi connectivity index (χ1n) is 10.4. The molecule has 1 N–H and O–H groups in total. The number of fused-ring (bicyclic) bond motifs is 1. The molecule has 1 saturated heterocycles. The average molecular weight is 430 g/mol. The molecule has 4 aromatic rings. The zero-order valence-corrected chi connectivity index (χ0v) is 18.3. The fraction of sp³-hybridized carbons (Fsp3) is 0.250. The number of amides is 1. The topological polar surface area (TPSA) is 74.8 Å². The first-order chi connectivity index (χ1) is 15.2. The summed E-state index contributed by atoms with van der Waals surface area (Å²) < 4.78 is 0. The van der Waals surface area contributed by atoms with Gasteiger partial charge in [0, 0.05) is 23.2 Å². The Labute approximate surface area is 185 Å². The molecule has 0 aliphatic carbocycles. The molecule has 0 radical (unpaired) electrons. The van der Waals surface area contributed by atoms with Crippen LogP contribution in [0.15, 0.2) is 59.9 Å². The highest BCUT2D eigenvalue weighted by atomic mass is 32.2. The molecular formula is C24H23N5OS. The summed E-state index contributed by atoms with van der Waals surface area (Å²) in [4.78, 5) is 33.6. The van der Waals surface area contributed by atoms with Crippen LogP contribution < -0.4 is 0 Å². The Kier molecular flexibility index (Phi) is 5.19. The number of benzene rings is 2. The van der Waals surface area contributed by atoms with E-state index in [1.165, 1.54) is 6.33 Å². The fourth-order valence-electron chi connectivity index (χ4n) is 4.30. The molecule has 31 heavy (non-hydrogen) atoms. The lowest BCUT2D eigenvalue weighted by molar-refractivity contribution is 0.0730. The van der Waals surface area contributed by atoms with E-state index in [4.69, 9.17) is 4.98 Å². The van der Waals surface area contributed by atoms with Gasteiger partial charge in [-0.25, -0.2) is 15.0 Å². The minimum Gasteiger partial charge on any atom is -0.340 e. The summed E-state index contributed by atoms with van der Waals surface area (Å²) in [6.45, 7) is 2.73. The summed E-state index contributed by atoms with van der Waals surface area (Å²) in [7, 11) is 0. The lowest BCUT2D eigenvalue weighted by Crippen LogP contribution is -2.31. The molecule has 1 amide bonds. The SMILES string of the molecule is CSc1cccc2[nH]c([C@@H]3CCCN3C(=O)c3cncnc3-c3cccc(C)c3)nc12. The summed E-state index contributed by atoms with van der Waals surface area (Å²) in [6, 6.07) is 14.1. The molecular weight excluding hydrogens is 406 g/mol. The third-order valence-electron chi connectivity index (χ3n) is 5.78. The van der Waals surface area contributed by atoms with Crippen LogP contribution in [0.25, 0.3) is 22.3 Å². The van der Waals surface area contributed by atoms with Gasteiger partial charge in [-0.15, -0.1) is 11.8 Å². The third-order valence-corrected chi connectivity index (χ3v) is 6.55. The Morgan fingerprint density at radius 3 is 2.94 bits per heavy atom. The molecule has 1 aliphatic rings. The number of aromatic amines is 1. The van der Waals surface area contributed by atoms with Crippen LogP contribution in [-0.2, 0) is 0 Å². The predicted octanol–water partition coefficient (Wildman–Crippen LogP) is 5.03. The van der Waals surface area contributed by atoms with Crippen LogP contribution in [0.2, 0.25) is 0 Å². The number of carbonyl (C=O) groups excluding carboxylic acids is 1. The molecule has 0 saturated carbocycles. The van der Waals surface area contributed by atoms with Gasteiger partial charge in [0.1, 0.15) is 17.7 Å². The normalized spacial score (nSPS) is 16.2. The molecule has 6 nitrogen and oxygen atoms in total. The molecule has 1 aliphatic heterocycles. The van der Waals surface area contributed by atoms with Crippen LogP contribution in [0, 0.1) is 6.92 Å². The fourth-order valence-corrected chi connectivity index (χ4v) is 4.87. The minimum atomic E-state index is -0.0832. The van der Waals surface area contributed by atoms with Crippen molar-refractivity contribution in [3.05, 3.63) is 71.9 Å². The number of nitrogens with one attached hydrogen (secondary N) is 1. The summed E-state index contributed by atoms with van der Waals surface area (Å²) >= 11 is 1.68. The predicted molar refractivity (Wildman–Crippen MR) is 123 cm³/mol. The zero-order valence-electron chi connectivity index (χ0n) is 17.5. The molecule has 2 aromatic heterocycles. The molecule has 5 rings (SSSR count). The van der Waals surface area contributed by atoms with Gasteiger partial charge in [0.05, 0.1) is 22.8 Å². The Bertz CT molecular complexity index is 1270. The minimum absolute atomic E-state index is 0.0508. The second kappa shape index (κ2) is 8.15. The Hall–Kier alpha value is -3.19. The van der Waals surface area contributed by atoms with Crippen molar-refractivity contribution in [2.75, 3.05) is 12.8 Å². The van der Waals surface area contributed by atoms with Gasteiger partial charge in [-0.05, 0) is 44.2 Å². The number of hydrogen-bond acceptors (Lipinski definition) is 5. The Morgan fingerprint density at radius 1 is 1.23 bits per heavy atom. The molecule has 156 valence electrons. The average Bonchev–Trinajstić information content (AvgIpc) is 3.45. The van der Waals surface area contributed by atoms with E-state index in [0.717, 1.165) is 45.7 Å². The number of aromatic nitrogens is 4. The van der Waals surface area contributed by atoms with Gasteiger partial charge in [-0.2, -0.15) is 0 Å². The number of aryl methyl sites for hydroxylation is 1. The Balaban J connectivity index is 1.52. The van der Waals surface area contributed by atoms with Crippen molar-refractivity contribution in [3.8, 4) is 11.3 Å². The molecule has 0 unspecified atom stereocenters. The maximum Gasteiger partial charge on any atom is 0.258 e. The van der Waals surface area contributed by atoms with Crippen LogP contribution in [0.1, 0.15) is 40.6 Å². The summed E-state index contributed by atoms with van der Waals surface area (Å²) in [5.41, 5.74) is 5.22. The van der Waals surface area contributed by atoms with Crippen molar-refractivity contribution >= 4 is 28.7 Å². The van der Waals surface area contributed by atoms with Crippen LogP contribution in [0.5, 0.6) is 0 Å². The number of hydrogen-bond donors (Lipinski definition) is 1. The van der Waals surface area contributed by atoms with Crippen molar-refractivity contribution in [3.63, 3.8) is 0 Å². The van der Waals surface area contributed by atoms with Crippen LogP contribution in [-0.4, -0.2) is 43.5 Å². The van der Waals surface area contributed by atoms with E-state index in [-0.39, 0.29) is 11.9 Å². The van der Waals surface area contributed by atoms with Gasteiger partial charge in [0.25, 0.3) is 5.91 Å². The molecule has 0 spiro atoms. The van der Waals surface area contributed by atoms with E-state index in [1.807, 2.05) is 48.2 Å². The van der Waals surface area contributed by atoms with E-state index in [9.17, 15) is 4.79 Å². The van der Waals surface area contributed by atoms with Gasteiger partial charge < -0.3 is 9.88 Å². The monoisotopic (exact) mass is 429 g/mol. The van der Waals surface area contributed by atoms with E-state index in [2.05, 4.69) is 27.3 Å². The van der Waals surface area contributed by atoms with Crippen molar-refractivity contribution in [2.24, 2.45) is 0 Å². The van der Waals surface area contributed by atoms with Crippen molar-refractivity contribution in [2.45, 2.75) is 30.7 Å². The van der Waals surface area contributed by atoms with Gasteiger partial charge in [-0.1, -0.05) is 29.8 Å². The third kappa shape index (κ3) is 3.59. The molecule has 7 heteroatoms. The number of likely N-dealkylation sites (tertiary alicyclic amines) is 1. The molecule has 2 aromatic carbocycles. The van der Waals surface area contributed by atoms with Crippen LogP contribution in [0.4, 0.5) is 0 Å². The van der Waals surface area contributed by atoms with E-state index in [0.29, 0.717) is 17.8 Å². The highest BCUT2D eigenvalue weighted by Gasteiger charge is 2.34. The highest BCUT2D eigenvalue weighted by Crippen LogP contribution is 2.35. The lowest BCUT2D eigenvalue weighted by Gasteiger charge is -2.24. The number of rotatable bonds is 4. The van der Waals surface area contributed by atoms with E-state index < -0.39 is 0 Å². The number of imidazole rings is 1. The number of nitrogens with zero attached hydrogens (tertiary/aromatic N) is 4. The Morgan fingerprint density at radius 2 is 2.10 bits per heavy atom. The second-order valence-corrected chi connectivity index (χ2v) is 8.64. The zero-order chi connectivity index (χ0) is 21.4. The first kappa shape index (κ1) is 19.8. The van der Waals surface area contributed by atoms with Crippen molar-refractivity contribution in [1.29, 1.82) is 0 Å². The van der Waals surface area contributed by atoms with Crippen molar-refractivity contribution < 1.29 is 4.79 Å². The lowest BCUT2D eigenvalue weighted by atomic mass is 10.0. The summed E-state index contributed by atoms with van der Waals surface area (Å²) in [5.74, 6) is 0.793. The molecule has 1 atom stereocenters. The maximum atomic E-state index is 13.6. The molecule has 0 bridgehead atoms. The summed E-state index contributed by atoms with van der Waals surface area (Å²) in [6.07, 6.45) is 7.01. The van der Waals surface area contributed by atoms with Gasteiger partial charge in [0.2, 0.25) is 0 Å². The van der Waals surface area contributed by atoms with Gasteiger partial charge >= 0.3 is 0 Å². The summed E-state index contributed by atoms with van der Waals surface area (Å²) in [5, 5.41) is 0. The van der Waals surface area contributed by atoms with Gasteiger partial charge in [0.15, 0.2) is 0 Å². The number of H-pyrrole nitrogens is 1. The largest absolute Gasteiger partial charge is 0.340 e. The van der Waals surface area contributed by atoms with Crippen LogP contribution >= 0.6 is 11.8 Å². The van der Waals surface area contributed by atoms with Gasteiger partial charge in [-0.3, -0.25) is 4.79 Å². The number of para-hydroxylation sites is 1.